The number of aromatic amines is 1. The van der Waals surface area contributed by atoms with Crippen molar-refractivity contribution in [2.75, 3.05) is 30.9 Å². The van der Waals surface area contributed by atoms with Crippen LogP contribution in [0.4, 0.5) is 11.8 Å². The largest absolute Gasteiger partial charge is 0.492 e. The number of anilines is 2. The summed E-state index contributed by atoms with van der Waals surface area (Å²) in [6.07, 6.45) is 8.02. The van der Waals surface area contributed by atoms with Gasteiger partial charge in [-0.25, -0.2) is 0 Å². The number of ether oxygens (including phenoxy) is 2. The van der Waals surface area contributed by atoms with Gasteiger partial charge in [0, 0.05) is 43.4 Å². The molecule has 0 saturated carbocycles. The van der Waals surface area contributed by atoms with E-state index in [4.69, 9.17) is 14.5 Å². The van der Waals surface area contributed by atoms with Crippen molar-refractivity contribution in [1.29, 1.82) is 0 Å². The van der Waals surface area contributed by atoms with Crippen molar-refractivity contribution in [3.8, 4) is 22.6 Å². The van der Waals surface area contributed by atoms with Crippen LogP contribution in [0.2, 0.25) is 0 Å². The van der Waals surface area contributed by atoms with Crippen molar-refractivity contribution in [2.45, 2.75) is 13.0 Å². The third-order valence-corrected chi connectivity index (χ3v) is 5.78. The Hall–Kier alpha value is -4.40. The first kappa shape index (κ1) is 20.2. The Kier molecular flexibility index (Phi) is 5.06. The first-order valence-corrected chi connectivity index (χ1v) is 11.2. The molecule has 0 spiro atoms. The summed E-state index contributed by atoms with van der Waals surface area (Å²) >= 11 is 0. The average molecular weight is 454 g/mol. The Morgan fingerprint density at radius 3 is 2.74 bits per heavy atom. The molecule has 0 aliphatic carbocycles. The van der Waals surface area contributed by atoms with Crippen LogP contribution in [-0.2, 0) is 6.54 Å². The molecule has 0 fully saturated rings. The Morgan fingerprint density at radius 1 is 0.971 bits per heavy atom. The maximum absolute atomic E-state index is 5.93. The molecule has 34 heavy (non-hydrogen) atoms. The van der Waals surface area contributed by atoms with Crippen LogP contribution in [0, 0.1) is 0 Å². The molecule has 3 N–H and O–H groups in total. The SMILES string of the molecule is CNc1nc2c3c(c[nH]c3n1)-c1ccc3ncc(cc3c1)OCCCOc1cncc(c1)CN2. The number of pyridine rings is 2. The van der Waals surface area contributed by atoms with Gasteiger partial charge in [0.2, 0.25) is 5.95 Å². The van der Waals surface area contributed by atoms with Crippen molar-refractivity contribution in [3.05, 3.63) is 60.7 Å². The molecule has 4 aromatic heterocycles. The summed E-state index contributed by atoms with van der Waals surface area (Å²) in [5.74, 6) is 2.72. The highest BCUT2D eigenvalue weighted by Gasteiger charge is 2.16. The molecule has 9 heteroatoms. The van der Waals surface area contributed by atoms with Crippen LogP contribution >= 0.6 is 0 Å². The van der Waals surface area contributed by atoms with Crippen LogP contribution in [0.15, 0.2) is 55.1 Å². The van der Waals surface area contributed by atoms with Gasteiger partial charge in [0.15, 0.2) is 0 Å². The number of aromatic nitrogens is 5. The Morgan fingerprint density at radius 2 is 1.85 bits per heavy atom. The number of nitrogens with one attached hydrogen (secondary N) is 3. The molecular weight excluding hydrogens is 430 g/mol. The predicted molar refractivity (Wildman–Crippen MR) is 131 cm³/mol. The predicted octanol–water partition coefficient (Wildman–Crippen LogP) is 4.38. The van der Waals surface area contributed by atoms with Gasteiger partial charge in [-0.15, -0.1) is 0 Å². The molecule has 0 amide bonds. The normalized spacial score (nSPS) is 13.7. The zero-order valence-corrected chi connectivity index (χ0v) is 18.6. The summed E-state index contributed by atoms with van der Waals surface area (Å²) in [5.41, 5.74) is 4.69. The van der Waals surface area contributed by atoms with E-state index < -0.39 is 0 Å². The lowest BCUT2D eigenvalue weighted by atomic mass is 10.0. The zero-order valence-electron chi connectivity index (χ0n) is 18.6. The van der Waals surface area contributed by atoms with E-state index in [1.807, 2.05) is 30.6 Å². The minimum atomic E-state index is 0.533. The van der Waals surface area contributed by atoms with Crippen molar-refractivity contribution < 1.29 is 9.47 Å². The first-order valence-electron chi connectivity index (χ1n) is 11.2. The molecular formula is C25H23N7O2. The van der Waals surface area contributed by atoms with Crippen molar-refractivity contribution >= 4 is 33.7 Å². The molecule has 1 aliphatic heterocycles. The number of nitrogens with zero attached hydrogens (tertiary/aromatic N) is 4. The number of hydrogen-bond acceptors (Lipinski definition) is 8. The van der Waals surface area contributed by atoms with E-state index in [0.717, 1.165) is 62.4 Å². The Bertz CT molecular complexity index is 1500. The summed E-state index contributed by atoms with van der Waals surface area (Å²) < 4.78 is 11.8. The monoisotopic (exact) mass is 453 g/mol. The quantitative estimate of drug-likeness (QED) is 0.343. The van der Waals surface area contributed by atoms with Gasteiger partial charge in [-0.2, -0.15) is 9.97 Å². The lowest BCUT2D eigenvalue weighted by Crippen LogP contribution is -2.07. The van der Waals surface area contributed by atoms with Crippen LogP contribution in [-0.4, -0.2) is 45.2 Å². The minimum Gasteiger partial charge on any atom is -0.492 e. The highest BCUT2D eigenvalue weighted by atomic mass is 16.5. The fourth-order valence-corrected chi connectivity index (χ4v) is 4.12. The number of fused-ring (bicyclic) bond motifs is 5. The summed E-state index contributed by atoms with van der Waals surface area (Å²) in [7, 11) is 1.81. The number of hydrogen-bond donors (Lipinski definition) is 3. The van der Waals surface area contributed by atoms with Crippen LogP contribution in [0.3, 0.4) is 0 Å². The van der Waals surface area contributed by atoms with Crippen LogP contribution < -0.4 is 20.1 Å². The summed E-state index contributed by atoms with van der Waals surface area (Å²) in [5, 5.41) is 8.44. The third kappa shape index (κ3) is 3.81. The maximum Gasteiger partial charge on any atom is 0.226 e. The molecule has 1 aliphatic rings. The standard InChI is InChI=1S/C25H23N7O2/c1-26-25-31-23-22-20(14-30-24(22)32-25)16-3-4-21-17(8-16)9-19(13-28-21)34-6-2-5-33-18-7-15(11-29-23)10-27-12-18/h3-4,7-10,12-14H,2,5-6,11H2,1H3,(H3,26,29,30,31,32). The van der Waals surface area contributed by atoms with Gasteiger partial charge < -0.3 is 25.1 Å². The highest BCUT2D eigenvalue weighted by molar-refractivity contribution is 6.02. The van der Waals surface area contributed by atoms with E-state index in [9.17, 15) is 0 Å². The molecule has 5 aromatic rings. The van der Waals surface area contributed by atoms with E-state index in [1.54, 1.807) is 19.4 Å². The highest BCUT2D eigenvalue weighted by Crippen LogP contribution is 2.35. The molecule has 5 bridgehead atoms. The van der Waals surface area contributed by atoms with E-state index in [0.29, 0.717) is 25.7 Å². The number of H-pyrrole nitrogens is 1. The molecule has 0 atom stereocenters. The molecule has 5 heterocycles. The summed E-state index contributed by atoms with van der Waals surface area (Å²) in [6, 6.07) is 10.2. The lowest BCUT2D eigenvalue weighted by Gasteiger charge is -2.13. The second-order valence-corrected chi connectivity index (χ2v) is 8.08. The van der Waals surface area contributed by atoms with Gasteiger partial charge in [-0.1, -0.05) is 6.07 Å². The fraction of sp³-hybridized carbons (Fsp3) is 0.200. The molecule has 0 radical (unpaired) electrons. The van der Waals surface area contributed by atoms with E-state index in [1.165, 1.54) is 0 Å². The van der Waals surface area contributed by atoms with Crippen LogP contribution in [0.5, 0.6) is 11.5 Å². The van der Waals surface area contributed by atoms with Crippen molar-refractivity contribution in [3.63, 3.8) is 0 Å². The maximum atomic E-state index is 5.93. The lowest BCUT2D eigenvalue weighted by molar-refractivity contribution is 0.246. The van der Waals surface area contributed by atoms with Gasteiger partial charge in [0.25, 0.3) is 0 Å². The summed E-state index contributed by atoms with van der Waals surface area (Å²) in [4.78, 5) is 21.5. The van der Waals surface area contributed by atoms with E-state index >= 15 is 0 Å². The molecule has 1 aromatic carbocycles. The minimum absolute atomic E-state index is 0.533. The second kappa shape index (κ2) is 8.51. The topological polar surface area (TPSA) is 110 Å². The zero-order chi connectivity index (χ0) is 22.9. The van der Waals surface area contributed by atoms with Gasteiger partial charge in [0.05, 0.1) is 36.5 Å². The van der Waals surface area contributed by atoms with Crippen molar-refractivity contribution in [1.82, 2.24) is 24.9 Å². The Balaban J connectivity index is 1.51. The van der Waals surface area contributed by atoms with E-state index in [2.05, 4.69) is 42.7 Å². The molecule has 9 nitrogen and oxygen atoms in total. The Labute approximate surface area is 195 Å². The number of rotatable bonds is 1. The molecule has 6 rings (SSSR count). The first-order chi connectivity index (χ1) is 16.8. The smallest absolute Gasteiger partial charge is 0.226 e. The van der Waals surface area contributed by atoms with Crippen LogP contribution in [0.1, 0.15) is 12.0 Å². The van der Waals surface area contributed by atoms with Gasteiger partial charge in [-0.3, -0.25) is 9.97 Å². The van der Waals surface area contributed by atoms with Crippen molar-refractivity contribution in [2.24, 2.45) is 0 Å². The molecule has 170 valence electrons. The van der Waals surface area contributed by atoms with Crippen LogP contribution in [0.25, 0.3) is 33.1 Å². The fourth-order valence-electron chi connectivity index (χ4n) is 4.12. The van der Waals surface area contributed by atoms with Gasteiger partial charge in [0.1, 0.15) is 23.0 Å². The second-order valence-electron chi connectivity index (χ2n) is 8.08. The van der Waals surface area contributed by atoms with Gasteiger partial charge >= 0.3 is 0 Å². The molecule has 0 saturated heterocycles. The average Bonchev–Trinajstić information content (AvgIpc) is 3.30. The number of benzene rings is 1. The molecule has 0 unspecified atom stereocenters. The van der Waals surface area contributed by atoms with E-state index in [-0.39, 0.29) is 0 Å². The summed E-state index contributed by atoms with van der Waals surface area (Å²) in [6.45, 7) is 1.62. The third-order valence-electron chi connectivity index (χ3n) is 5.78. The van der Waals surface area contributed by atoms with Gasteiger partial charge in [-0.05, 0) is 35.4 Å².